The number of benzene rings is 1. The number of hydrogen-bond donors (Lipinski definition) is 1. The number of nitrogens with one attached hydrogen (secondary N) is 1. The van der Waals surface area contributed by atoms with Crippen LogP contribution in [-0.4, -0.2) is 6.04 Å². The Labute approximate surface area is 101 Å². The maximum atomic E-state index is 13.5. The molecule has 2 rings (SSSR count). The molecule has 0 aromatic heterocycles. The fraction of sp³-hybridized carbons (Fsp3) is 0.538. The van der Waals surface area contributed by atoms with E-state index >= 15 is 0 Å². The largest absolute Gasteiger partial charge is 0.379 e. The van der Waals surface area contributed by atoms with Gasteiger partial charge in [0.25, 0.3) is 0 Å². The first kappa shape index (κ1) is 11.7. The lowest BCUT2D eigenvalue weighted by Crippen LogP contribution is -2.16. The van der Waals surface area contributed by atoms with Crippen LogP contribution in [0.3, 0.4) is 0 Å². The van der Waals surface area contributed by atoms with Gasteiger partial charge in [-0.15, -0.1) is 0 Å². The summed E-state index contributed by atoms with van der Waals surface area (Å²) in [5, 5.41) is 3.71. The molecule has 1 saturated carbocycles. The van der Waals surface area contributed by atoms with Crippen LogP contribution in [0, 0.1) is 11.7 Å². The molecule has 1 aliphatic carbocycles. The molecule has 1 aromatic carbocycles. The zero-order chi connectivity index (χ0) is 11.5. The molecule has 0 radical (unpaired) electrons. The van der Waals surface area contributed by atoms with Crippen LogP contribution in [0.25, 0.3) is 0 Å². The fourth-order valence-electron chi connectivity index (χ4n) is 2.42. The van der Waals surface area contributed by atoms with Gasteiger partial charge in [0.2, 0.25) is 0 Å². The number of rotatable bonds is 3. The molecule has 0 bridgehead atoms. The standard InChI is InChI=1S/C13H17ClFN/c1-2-9-6-7-10(8-9)16-13-11(14)4-3-5-12(13)15/h3-5,9-10,16H,2,6-8H2,1H3. The Morgan fingerprint density at radius 2 is 2.25 bits per heavy atom. The van der Waals surface area contributed by atoms with Gasteiger partial charge in [0.15, 0.2) is 0 Å². The van der Waals surface area contributed by atoms with E-state index in [2.05, 4.69) is 12.2 Å². The third-order valence-electron chi connectivity index (χ3n) is 3.43. The molecule has 0 aliphatic heterocycles. The second kappa shape index (κ2) is 5.05. The molecular formula is C13H17ClFN. The number of anilines is 1. The maximum absolute atomic E-state index is 13.5. The Bertz CT molecular complexity index is 347. The Morgan fingerprint density at radius 1 is 1.44 bits per heavy atom. The zero-order valence-corrected chi connectivity index (χ0v) is 10.2. The summed E-state index contributed by atoms with van der Waals surface area (Å²) >= 11 is 5.98. The summed E-state index contributed by atoms with van der Waals surface area (Å²) in [5.74, 6) is 0.524. The molecule has 0 saturated heterocycles. The Morgan fingerprint density at radius 3 is 2.88 bits per heavy atom. The van der Waals surface area contributed by atoms with Crippen molar-refractivity contribution in [2.24, 2.45) is 5.92 Å². The summed E-state index contributed by atoms with van der Waals surface area (Å²) in [5.41, 5.74) is 0.464. The number of hydrogen-bond acceptors (Lipinski definition) is 1. The Hall–Kier alpha value is -0.760. The molecule has 3 heteroatoms. The van der Waals surface area contributed by atoms with Gasteiger partial charge in [-0.2, -0.15) is 0 Å². The summed E-state index contributed by atoms with van der Waals surface area (Å²) in [6.07, 6.45) is 4.69. The zero-order valence-electron chi connectivity index (χ0n) is 9.47. The number of para-hydroxylation sites is 1. The van der Waals surface area contributed by atoms with E-state index in [0.717, 1.165) is 18.8 Å². The summed E-state index contributed by atoms with van der Waals surface area (Å²) in [6.45, 7) is 2.21. The van der Waals surface area contributed by atoms with Crippen molar-refractivity contribution in [3.05, 3.63) is 29.0 Å². The molecular weight excluding hydrogens is 225 g/mol. The molecule has 0 heterocycles. The van der Waals surface area contributed by atoms with Crippen molar-refractivity contribution in [2.45, 2.75) is 38.6 Å². The van der Waals surface area contributed by atoms with Crippen molar-refractivity contribution >= 4 is 17.3 Å². The maximum Gasteiger partial charge on any atom is 0.147 e. The number of halogens is 2. The van der Waals surface area contributed by atoms with Crippen molar-refractivity contribution in [3.8, 4) is 0 Å². The van der Waals surface area contributed by atoms with E-state index in [0.29, 0.717) is 16.8 Å². The van der Waals surface area contributed by atoms with Crippen LogP contribution in [0.2, 0.25) is 5.02 Å². The quantitative estimate of drug-likeness (QED) is 0.823. The van der Waals surface area contributed by atoms with E-state index in [9.17, 15) is 4.39 Å². The first-order chi connectivity index (χ1) is 7.70. The Balaban J connectivity index is 2.04. The van der Waals surface area contributed by atoms with Gasteiger partial charge in [0.1, 0.15) is 5.82 Å². The minimum absolute atomic E-state index is 0.257. The predicted molar refractivity (Wildman–Crippen MR) is 66.5 cm³/mol. The van der Waals surface area contributed by atoms with E-state index in [1.807, 2.05) is 0 Å². The Kier molecular flexibility index (Phi) is 3.70. The van der Waals surface area contributed by atoms with Gasteiger partial charge in [-0.05, 0) is 37.3 Å². The average Bonchev–Trinajstić information content (AvgIpc) is 2.71. The molecule has 1 fully saturated rings. The lowest BCUT2D eigenvalue weighted by atomic mass is 10.1. The highest BCUT2D eigenvalue weighted by Gasteiger charge is 2.24. The first-order valence-electron chi connectivity index (χ1n) is 5.91. The highest BCUT2D eigenvalue weighted by Crippen LogP contribution is 2.33. The van der Waals surface area contributed by atoms with E-state index in [1.54, 1.807) is 12.1 Å². The van der Waals surface area contributed by atoms with Crippen molar-refractivity contribution in [2.75, 3.05) is 5.32 Å². The summed E-state index contributed by atoms with van der Waals surface area (Å²) < 4.78 is 13.5. The molecule has 2 unspecified atom stereocenters. The average molecular weight is 242 g/mol. The second-order valence-electron chi connectivity index (χ2n) is 4.53. The summed E-state index contributed by atoms with van der Waals surface area (Å²) in [7, 11) is 0. The summed E-state index contributed by atoms with van der Waals surface area (Å²) in [6, 6.07) is 5.17. The fourth-order valence-corrected chi connectivity index (χ4v) is 2.63. The van der Waals surface area contributed by atoms with Crippen LogP contribution in [-0.2, 0) is 0 Å². The lowest BCUT2D eigenvalue weighted by Gasteiger charge is -2.16. The third-order valence-corrected chi connectivity index (χ3v) is 3.74. The second-order valence-corrected chi connectivity index (χ2v) is 4.93. The monoisotopic (exact) mass is 241 g/mol. The van der Waals surface area contributed by atoms with Crippen molar-refractivity contribution < 1.29 is 4.39 Å². The SMILES string of the molecule is CCC1CCC(Nc2c(F)cccc2Cl)C1. The van der Waals surface area contributed by atoms with Crippen molar-refractivity contribution in [1.29, 1.82) is 0 Å². The highest BCUT2D eigenvalue weighted by molar-refractivity contribution is 6.33. The molecule has 1 aliphatic rings. The van der Waals surface area contributed by atoms with Crippen LogP contribution in [0.15, 0.2) is 18.2 Å². The predicted octanol–water partition coefficient (Wildman–Crippen LogP) is 4.47. The van der Waals surface area contributed by atoms with Crippen LogP contribution in [0.5, 0.6) is 0 Å². The first-order valence-corrected chi connectivity index (χ1v) is 6.29. The van der Waals surface area contributed by atoms with Gasteiger partial charge in [-0.25, -0.2) is 4.39 Å². The minimum Gasteiger partial charge on any atom is -0.379 e. The van der Waals surface area contributed by atoms with Gasteiger partial charge in [0.05, 0.1) is 10.7 Å². The van der Waals surface area contributed by atoms with E-state index in [1.165, 1.54) is 18.9 Å². The van der Waals surface area contributed by atoms with E-state index in [-0.39, 0.29) is 5.82 Å². The van der Waals surface area contributed by atoms with Crippen molar-refractivity contribution in [3.63, 3.8) is 0 Å². The van der Waals surface area contributed by atoms with Crippen LogP contribution < -0.4 is 5.32 Å². The van der Waals surface area contributed by atoms with Crippen LogP contribution in [0.4, 0.5) is 10.1 Å². The third kappa shape index (κ3) is 2.49. The smallest absolute Gasteiger partial charge is 0.147 e. The molecule has 0 spiro atoms. The van der Waals surface area contributed by atoms with Crippen LogP contribution in [0.1, 0.15) is 32.6 Å². The molecule has 1 nitrogen and oxygen atoms in total. The molecule has 1 aromatic rings. The van der Waals surface area contributed by atoms with E-state index < -0.39 is 0 Å². The van der Waals surface area contributed by atoms with Gasteiger partial charge >= 0.3 is 0 Å². The minimum atomic E-state index is -0.257. The topological polar surface area (TPSA) is 12.0 Å². The lowest BCUT2D eigenvalue weighted by molar-refractivity contribution is 0.524. The molecule has 16 heavy (non-hydrogen) atoms. The molecule has 2 atom stereocenters. The van der Waals surface area contributed by atoms with Gasteiger partial charge < -0.3 is 5.32 Å². The summed E-state index contributed by atoms with van der Waals surface area (Å²) in [4.78, 5) is 0. The normalized spacial score (nSPS) is 24.7. The van der Waals surface area contributed by atoms with Crippen LogP contribution >= 0.6 is 11.6 Å². The van der Waals surface area contributed by atoms with Crippen molar-refractivity contribution in [1.82, 2.24) is 0 Å². The van der Waals surface area contributed by atoms with Gasteiger partial charge in [0, 0.05) is 6.04 Å². The highest BCUT2D eigenvalue weighted by atomic mass is 35.5. The van der Waals surface area contributed by atoms with Gasteiger partial charge in [-0.3, -0.25) is 0 Å². The molecule has 1 N–H and O–H groups in total. The van der Waals surface area contributed by atoms with E-state index in [4.69, 9.17) is 11.6 Å². The molecule has 0 amide bonds. The van der Waals surface area contributed by atoms with Gasteiger partial charge in [-0.1, -0.05) is 31.0 Å². The molecule has 88 valence electrons.